The number of carbonyl (C=O) groups excluding carboxylic acids is 1. The van der Waals surface area contributed by atoms with Gasteiger partial charge in [-0.3, -0.25) is 0 Å². The minimum absolute atomic E-state index is 0.175. The third-order valence-electron chi connectivity index (χ3n) is 3.85. The Morgan fingerprint density at radius 1 is 1.24 bits per heavy atom. The van der Waals surface area contributed by atoms with Crippen LogP contribution in [-0.4, -0.2) is 46.5 Å². The maximum absolute atomic E-state index is 12.2. The van der Waals surface area contributed by atoms with Crippen LogP contribution >= 0.6 is 23.2 Å². The summed E-state index contributed by atoms with van der Waals surface area (Å²) in [5.41, 5.74) is 1.32. The predicted molar refractivity (Wildman–Crippen MR) is 94.4 cm³/mol. The summed E-state index contributed by atoms with van der Waals surface area (Å²) >= 11 is 11.8. The van der Waals surface area contributed by atoms with E-state index in [1.54, 1.807) is 31.6 Å². The van der Waals surface area contributed by atoms with Gasteiger partial charge in [-0.25, -0.2) is 9.37 Å². The van der Waals surface area contributed by atoms with Gasteiger partial charge in [-0.05, 0) is 24.6 Å². The molecule has 0 amide bonds. The van der Waals surface area contributed by atoms with Gasteiger partial charge in [-0.1, -0.05) is 33.2 Å². The Morgan fingerprint density at radius 2 is 2.00 bits per heavy atom. The van der Waals surface area contributed by atoms with Crippen molar-refractivity contribution in [3.05, 3.63) is 46.2 Å². The van der Waals surface area contributed by atoms with Gasteiger partial charge in [0.05, 0.1) is 35.0 Å². The van der Waals surface area contributed by atoms with E-state index in [1.807, 2.05) is 4.58 Å². The fourth-order valence-corrected chi connectivity index (χ4v) is 2.83. The first-order valence-electron chi connectivity index (χ1n) is 7.69. The predicted octanol–water partition coefficient (Wildman–Crippen LogP) is 3.53. The number of hydrogen-bond donors (Lipinski definition) is 0. The van der Waals surface area contributed by atoms with E-state index in [9.17, 15) is 4.79 Å². The number of benzene rings is 1. The zero-order valence-corrected chi connectivity index (χ0v) is 15.0. The minimum atomic E-state index is -0.450. The molecule has 0 atom stereocenters. The van der Waals surface area contributed by atoms with Gasteiger partial charge in [0.25, 0.3) is 0 Å². The maximum Gasteiger partial charge on any atom is 0.432 e. The SMILES string of the molecule is COc1cnc([N+]2=C(COC(=O)c3ccc(Cl)c(Cl)c3)CCC2)nc1. The quantitative estimate of drug-likeness (QED) is 0.586. The highest BCUT2D eigenvalue weighted by Gasteiger charge is 2.24. The van der Waals surface area contributed by atoms with Gasteiger partial charge < -0.3 is 9.47 Å². The molecule has 6 nitrogen and oxygen atoms in total. The number of esters is 1. The second-order valence-electron chi connectivity index (χ2n) is 5.45. The summed E-state index contributed by atoms with van der Waals surface area (Å²) in [7, 11) is 1.56. The molecule has 2 aromatic rings. The molecule has 0 N–H and O–H groups in total. The first kappa shape index (κ1) is 17.6. The lowest BCUT2D eigenvalue weighted by atomic mass is 10.2. The highest BCUT2D eigenvalue weighted by atomic mass is 35.5. The second-order valence-corrected chi connectivity index (χ2v) is 6.26. The van der Waals surface area contributed by atoms with Crippen molar-refractivity contribution in [2.24, 2.45) is 0 Å². The van der Waals surface area contributed by atoms with Crippen LogP contribution in [-0.2, 0) is 4.74 Å². The first-order valence-corrected chi connectivity index (χ1v) is 8.44. The van der Waals surface area contributed by atoms with Crippen molar-refractivity contribution >= 4 is 40.8 Å². The molecule has 25 heavy (non-hydrogen) atoms. The molecule has 0 bridgehead atoms. The molecule has 130 valence electrons. The number of aromatic nitrogens is 2. The van der Waals surface area contributed by atoms with E-state index in [1.165, 1.54) is 6.07 Å². The van der Waals surface area contributed by atoms with E-state index in [0.717, 1.165) is 25.1 Å². The van der Waals surface area contributed by atoms with Crippen LogP contribution < -0.4 is 4.74 Å². The van der Waals surface area contributed by atoms with Gasteiger partial charge in [-0.2, -0.15) is 0 Å². The second kappa shape index (κ2) is 7.80. The highest BCUT2D eigenvalue weighted by Crippen LogP contribution is 2.23. The summed E-state index contributed by atoms with van der Waals surface area (Å²) in [6.07, 6.45) is 5.00. The van der Waals surface area contributed by atoms with Crippen LogP contribution in [0.1, 0.15) is 23.2 Å². The zero-order valence-electron chi connectivity index (χ0n) is 13.5. The van der Waals surface area contributed by atoms with Gasteiger partial charge in [0, 0.05) is 6.42 Å². The molecule has 0 aliphatic carbocycles. The Hall–Kier alpha value is -2.18. The van der Waals surface area contributed by atoms with Gasteiger partial charge in [-0.15, -0.1) is 0 Å². The molecule has 3 rings (SSSR count). The van der Waals surface area contributed by atoms with Crippen LogP contribution in [0.5, 0.6) is 5.75 Å². The van der Waals surface area contributed by atoms with Crippen LogP contribution in [0.15, 0.2) is 30.6 Å². The third-order valence-corrected chi connectivity index (χ3v) is 4.58. The topological polar surface area (TPSA) is 64.3 Å². The van der Waals surface area contributed by atoms with Crippen LogP contribution in [0.25, 0.3) is 0 Å². The van der Waals surface area contributed by atoms with Crippen molar-refractivity contribution < 1.29 is 18.8 Å². The number of halogens is 2. The number of hydrogen-bond acceptors (Lipinski definition) is 5. The molecule has 0 saturated carbocycles. The standard InChI is InChI=1S/C17H16Cl2N3O3/c1-24-13-8-20-17(21-9-13)22-6-2-3-12(22)10-25-16(23)11-4-5-14(18)15(19)7-11/h4-5,7-9H,2-3,6,10H2,1H3/q+1. The fourth-order valence-electron chi connectivity index (χ4n) is 2.54. The molecule has 0 radical (unpaired) electrons. The molecular weight excluding hydrogens is 365 g/mol. The lowest BCUT2D eigenvalue weighted by molar-refractivity contribution is -0.441. The number of carbonyl (C=O) groups is 1. The van der Waals surface area contributed by atoms with Crippen molar-refractivity contribution in [2.75, 3.05) is 20.3 Å². The Labute approximate surface area is 155 Å². The van der Waals surface area contributed by atoms with E-state index in [-0.39, 0.29) is 6.61 Å². The zero-order chi connectivity index (χ0) is 17.8. The molecule has 1 aliphatic rings. The van der Waals surface area contributed by atoms with Gasteiger partial charge in [0.1, 0.15) is 6.61 Å². The van der Waals surface area contributed by atoms with Crippen molar-refractivity contribution in [2.45, 2.75) is 12.8 Å². The molecule has 0 fully saturated rings. The van der Waals surface area contributed by atoms with Crippen LogP contribution in [0.3, 0.4) is 0 Å². The summed E-state index contributed by atoms with van der Waals surface area (Å²) in [5.74, 6) is 0.711. The van der Waals surface area contributed by atoms with Crippen LogP contribution in [0, 0.1) is 0 Å². The third kappa shape index (κ3) is 4.08. The van der Waals surface area contributed by atoms with Crippen LogP contribution in [0.2, 0.25) is 10.0 Å². The Morgan fingerprint density at radius 3 is 2.68 bits per heavy atom. The lowest BCUT2D eigenvalue weighted by Crippen LogP contribution is -2.20. The highest BCUT2D eigenvalue weighted by molar-refractivity contribution is 6.42. The summed E-state index contributed by atoms with van der Waals surface area (Å²) in [4.78, 5) is 20.8. The molecule has 0 unspecified atom stereocenters. The minimum Gasteiger partial charge on any atom is -0.491 e. The fraction of sp³-hybridized carbons (Fsp3) is 0.294. The van der Waals surface area contributed by atoms with E-state index in [4.69, 9.17) is 32.7 Å². The van der Waals surface area contributed by atoms with Crippen molar-refractivity contribution in [1.82, 2.24) is 9.97 Å². The summed E-state index contributed by atoms with van der Waals surface area (Å²) < 4.78 is 12.4. The van der Waals surface area contributed by atoms with Crippen molar-refractivity contribution in [3.8, 4) is 5.75 Å². The van der Waals surface area contributed by atoms with E-state index in [0.29, 0.717) is 27.3 Å². The molecule has 0 spiro atoms. The van der Waals surface area contributed by atoms with Gasteiger partial charge in [0.2, 0.25) is 0 Å². The average Bonchev–Trinajstić information content (AvgIpc) is 3.10. The number of methoxy groups -OCH3 is 1. The van der Waals surface area contributed by atoms with E-state index < -0.39 is 5.97 Å². The average molecular weight is 381 g/mol. The molecule has 0 saturated heterocycles. The van der Waals surface area contributed by atoms with E-state index in [2.05, 4.69) is 9.97 Å². The Kier molecular flexibility index (Phi) is 5.50. The molecule has 2 heterocycles. The molecule has 8 heteroatoms. The molecule has 1 aromatic carbocycles. The molecular formula is C17H16Cl2N3O3+. The van der Waals surface area contributed by atoms with Crippen LogP contribution in [0.4, 0.5) is 5.95 Å². The lowest BCUT2D eigenvalue weighted by Gasteiger charge is -2.07. The first-order chi connectivity index (χ1) is 12.1. The number of rotatable bonds is 5. The summed E-state index contributed by atoms with van der Waals surface area (Å²) in [5, 5.41) is 0.712. The maximum atomic E-state index is 12.2. The van der Waals surface area contributed by atoms with E-state index >= 15 is 0 Å². The van der Waals surface area contributed by atoms with Gasteiger partial charge >= 0.3 is 11.9 Å². The van der Waals surface area contributed by atoms with Crippen molar-refractivity contribution in [3.63, 3.8) is 0 Å². The summed E-state index contributed by atoms with van der Waals surface area (Å²) in [6, 6.07) is 4.65. The Balaban J connectivity index is 1.71. The number of ether oxygens (including phenoxy) is 2. The molecule has 1 aromatic heterocycles. The van der Waals surface area contributed by atoms with Gasteiger partial charge in [0.15, 0.2) is 18.1 Å². The van der Waals surface area contributed by atoms with Crippen molar-refractivity contribution in [1.29, 1.82) is 0 Å². The molecule has 1 aliphatic heterocycles. The monoisotopic (exact) mass is 380 g/mol. The summed E-state index contributed by atoms with van der Waals surface area (Å²) in [6.45, 7) is 0.959. The largest absolute Gasteiger partial charge is 0.491 e. The normalized spacial score (nSPS) is 13.9. The number of nitrogens with zero attached hydrogens (tertiary/aromatic N) is 3. The smallest absolute Gasteiger partial charge is 0.432 e. The Bertz CT molecular complexity index is 822.